The Kier molecular flexibility index (Phi) is 3.31. The third-order valence-electron chi connectivity index (χ3n) is 5.26. The van der Waals surface area contributed by atoms with E-state index in [-0.39, 0.29) is 23.4 Å². The van der Waals surface area contributed by atoms with Crippen molar-refractivity contribution in [2.75, 3.05) is 6.61 Å². The van der Waals surface area contributed by atoms with E-state index in [1.165, 1.54) is 12.8 Å². The topological polar surface area (TPSA) is 40.5 Å². The average Bonchev–Trinajstić information content (AvgIpc) is 2.96. The number of piperidine rings is 1. The van der Waals surface area contributed by atoms with Gasteiger partial charge in [-0.25, -0.2) is 0 Å². The molecular weight excluding hydrogens is 250 g/mol. The molecule has 0 spiro atoms. The molecule has 3 atom stereocenters. The predicted molar refractivity (Wildman–Crippen MR) is 70.5 cm³/mol. The first-order valence-electron chi connectivity index (χ1n) is 7.25. The number of rotatable bonds is 2. The van der Waals surface area contributed by atoms with E-state index in [4.69, 9.17) is 11.6 Å². The molecule has 0 aromatic rings. The van der Waals surface area contributed by atoms with Crippen LogP contribution < -0.4 is 0 Å². The highest BCUT2D eigenvalue weighted by Gasteiger charge is 2.48. The molecule has 102 valence electrons. The summed E-state index contributed by atoms with van der Waals surface area (Å²) in [5, 5.41) is 9.33. The Balaban J connectivity index is 1.74. The number of nitrogens with zero attached hydrogens (tertiary/aromatic N) is 1. The largest absolute Gasteiger partial charge is 0.394 e. The van der Waals surface area contributed by atoms with Crippen LogP contribution in [0.3, 0.4) is 0 Å². The van der Waals surface area contributed by atoms with Gasteiger partial charge in [0.1, 0.15) is 0 Å². The molecule has 2 aliphatic heterocycles. The highest BCUT2D eigenvalue weighted by Crippen LogP contribution is 2.48. The van der Waals surface area contributed by atoms with Crippen molar-refractivity contribution in [3.8, 4) is 0 Å². The van der Waals surface area contributed by atoms with Crippen LogP contribution in [0.4, 0.5) is 0 Å². The lowest BCUT2D eigenvalue weighted by Gasteiger charge is -2.42. The molecule has 2 unspecified atom stereocenters. The molecular formula is C14H22ClNO2. The fourth-order valence-electron chi connectivity index (χ4n) is 4.27. The van der Waals surface area contributed by atoms with Crippen molar-refractivity contribution < 1.29 is 9.90 Å². The van der Waals surface area contributed by atoms with Gasteiger partial charge in [0.25, 0.3) is 0 Å². The molecule has 3 nitrogen and oxygen atoms in total. The monoisotopic (exact) mass is 271 g/mol. The van der Waals surface area contributed by atoms with Crippen molar-refractivity contribution in [1.29, 1.82) is 0 Å². The van der Waals surface area contributed by atoms with E-state index in [0.717, 1.165) is 32.1 Å². The van der Waals surface area contributed by atoms with E-state index >= 15 is 0 Å². The normalized spacial score (nSPS) is 39.1. The second-order valence-corrected chi connectivity index (χ2v) is 7.00. The minimum Gasteiger partial charge on any atom is -0.394 e. The molecule has 0 bridgehead atoms. The summed E-state index contributed by atoms with van der Waals surface area (Å²) in [5.74, 6) is 0.576. The quantitative estimate of drug-likeness (QED) is 0.783. The molecule has 18 heavy (non-hydrogen) atoms. The number of fused-ring (bicyclic) bond motifs is 1. The van der Waals surface area contributed by atoms with Gasteiger partial charge in [-0.05, 0) is 38.0 Å². The molecule has 2 heterocycles. The van der Waals surface area contributed by atoms with E-state index in [0.29, 0.717) is 18.4 Å². The second kappa shape index (κ2) is 4.68. The highest BCUT2D eigenvalue weighted by atomic mass is 35.5. The third-order valence-corrected chi connectivity index (χ3v) is 5.95. The van der Waals surface area contributed by atoms with Crippen LogP contribution in [-0.2, 0) is 4.79 Å². The molecule has 1 saturated carbocycles. The van der Waals surface area contributed by atoms with Crippen LogP contribution in [0.15, 0.2) is 0 Å². The molecule has 4 heteroatoms. The maximum Gasteiger partial charge on any atom is 0.223 e. The lowest BCUT2D eigenvalue weighted by molar-refractivity contribution is -0.140. The maximum atomic E-state index is 12.3. The summed E-state index contributed by atoms with van der Waals surface area (Å²) in [6.45, 7) is 0.110. The van der Waals surface area contributed by atoms with Crippen LogP contribution >= 0.6 is 11.6 Å². The number of aliphatic hydroxyl groups is 1. The number of aliphatic hydroxyl groups excluding tert-OH is 1. The first-order valence-corrected chi connectivity index (χ1v) is 7.63. The Labute approximate surface area is 113 Å². The summed E-state index contributed by atoms with van der Waals surface area (Å²) in [5.41, 5.74) is 0. The summed E-state index contributed by atoms with van der Waals surface area (Å²) in [7, 11) is 0. The molecule has 1 amide bonds. The molecule has 0 radical (unpaired) electrons. The average molecular weight is 272 g/mol. The summed E-state index contributed by atoms with van der Waals surface area (Å²) in [4.78, 5) is 14.1. The minimum atomic E-state index is -0.112. The molecule has 3 aliphatic rings. The van der Waals surface area contributed by atoms with Gasteiger partial charge >= 0.3 is 0 Å². The summed E-state index contributed by atoms with van der Waals surface area (Å²) in [6, 6.07) is 0.405. The van der Waals surface area contributed by atoms with Gasteiger partial charge in [0.15, 0.2) is 0 Å². The maximum absolute atomic E-state index is 12.3. The lowest BCUT2D eigenvalue weighted by Crippen LogP contribution is -2.51. The summed E-state index contributed by atoms with van der Waals surface area (Å²) >= 11 is 6.76. The van der Waals surface area contributed by atoms with E-state index in [9.17, 15) is 9.90 Å². The van der Waals surface area contributed by atoms with Gasteiger partial charge in [-0.3, -0.25) is 4.79 Å². The van der Waals surface area contributed by atoms with Gasteiger partial charge in [-0.2, -0.15) is 0 Å². The van der Waals surface area contributed by atoms with Crippen molar-refractivity contribution >= 4 is 17.5 Å². The lowest BCUT2D eigenvalue weighted by atomic mass is 9.79. The molecule has 1 aliphatic carbocycles. The fraction of sp³-hybridized carbons (Fsp3) is 0.929. The summed E-state index contributed by atoms with van der Waals surface area (Å²) < 4.78 is 0. The SMILES string of the molecule is O=C1CC(C2(Cl)CCCC2)CC2CC[C@@H](CO)N12. The van der Waals surface area contributed by atoms with E-state index < -0.39 is 0 Å². The number of amides is 1. The number of halogens is 1. The Morgan fingerprint density at radius 2 is 2.06 bits per heavy atom. The van der Waals surface area contributed by atoms with E-state index in [1.807, 2.05) is 4.90 Å². The minimum absolute atomic E-state index is 0.0679. The number of carbonyl (C=O) groups is 1. The summed E-state index contributed by atoms with van der Waals surface area (Å²) in [6.07, 6.45) is 8.20. The predicted octanol–water partition coefficient (Wildman–Crippen LogP) is 2.30. The molecule has 1 N–H and O–H groups in total. The van der Waals surface area contributed by atoms with Crippen LogP contribution in [0, 0.1) is 5.92 Å². The van der Waals surface area contributed by atoms with Crippen molar-refractivity contribution in [2.24, 2.45) is 5.92 Å². The Hall–Kier alpha value is -0.280. The second-order valence-electron chi connectivity index (χ2n) is 6.25. The van der Waals surface area contributed by atoms with Crippen molar-refractivity contribution in [3.63, 3.8) is 0 Å². The van der Waals surface area contributed by atoms with Gasteiger partial charge in [0, 0.05) is 17.3 Å². The number of hydrogen-bond donors (Lipinski definition) is 1. The van der Waals surface area contributed by atoms with Crippen molar-refractivity contribution in [2.45, 2.75) is 68.3 Å². The number of hydrogen-bond acceptors (Lipinski definition) is 2. The van der Waals surface area contributed by atoms with Crippen LogP contribution in [-0.4, -0.2) is 39.5 Å². The van der Waals surface area contributed by atoms with E-state index in [1.54, 1.807) is 0 Å². The Morgan fingerprint density at radius 3 is 2.72 bits per heavy atom. The van der Waals surface area contributed by atoms with Gasteiger partial charge in [-0.15, -0.1) is 11.6 Å². The molecule has 0 aromatic carbocycles. The smallest absolute Gasteiger partial charge is 0.223 e. The fourth-order valence-corrected chi connectivity index (χ4v) is 4.71. The zero-order valence-corrected chi connectivity index (χ0v) is 11.5. The van der Waals surface area contributed by atoms with Crippen LogP contribution in [0.25, 0.3) is 0 Å². The van der Waals surface area contributed by atoms with Gasteiger partial charge < -0.3 is 10.0 Å². The zero-order chi connectivity index (χ0) is 12.8. The van der Waals surface area contributed by atoms with Crippen LogP contribution in [0.5, 0.6) is 0 Å². The Bertz CT molecular complexity index is 341. The molecule has 3 rings (SSSR count). The molecule has 2 saturated heterocycles. The standard InChI is InChI=1S/C14H22ClNO2/c15-14(5-1-2-6-14)10-7-11-3-4-12(9-17)16(11)13(18)8-10/h10-12,17H,1-9H2/t10?,11?,12-/m0/s1. The van der Waals surface area contributed by atoms with Crippen molar-refractivity contribution in [1.82, 2.24) is 4.90 Å². The van der Waals surface area contributed by atoms with Gasteiger partial charge in [-0.1, -0.05) is 12.8 Å². The molecule has 0 aromatic heterocycles. The van der Waals surface area contributed by atoms with Gasteiger partial charge in [0.05, 0.1) is 12.6 Å². The highest BCUT2D eigenvalue weighted by molar-refractivity contribution is 6.24. The third kappa shape index (κ3) is 1.96. The number of alkyl halides is 1. The first kappa shape index (κ1) is 12.7. The first-order chi connectivity index (χ1) is 8.64. The van der Waals surface area contributed by atoms with Crippen molar-refractivity contribution in [3.05, 3.63) is 0 Å². The van der Waals surface area contributed by atoms with Crippen LogP contribution in [0.2, 0.25) is 0 Å². The number of carbonyl (C=O) groups excluding carboxylic acids is 1. The Morgan fingerprint density at radius 1 is 1.33 bits per heavy atom. The van der Waals surface area contributed by atoms with Gasteiger partial charge in [0.2, 0.25) is 5.91 Å². The van der Waals surface area contributed by atoms with Crippen LogP contribution in [0.1, 0.15) is 51.4 Å². The molecule has 3 fully saturated rings. The zero-order valence-electron chi connectivity index (χ0n) is 10.8. The van der Waals surface area contributed by atoms with E-state index in [2.05, 4.69) is 0 Å².